The van der Waals surface area contributed by atoms with Crippen LogP contribution < -0.4 is 14.8 Å². The number of carbonyl (C=O) groups is 2. The van der Waals surface area contributed by atoms with Gasteiger partial charge in [0.1, 0.15) is 17.2 Å². The highest BCUT2D eigenvalue weighted by Crippen LogP contribution is 2.33. The van der Waals surface area contributed by atoms with E-state index in [0.29, 0.717) is 40.3 Å². The first-order chi connectivity index (χ1) is 15.3. The number of amides is 2. The van der Waals surface area contributed by atoms with Crippen LogP contribution in [0.25, 0.3) is 5.57 Å². The number of imide groups is 1. The smallest absolute Gasteiger partial charge is 0.278 e. The second kappa shape index (κ2) is 10.5. The molecule has 170 valence electrons. The molecule has 2 aromatic rings. The summed E-state index contributed by atoms with van der Waals surface area (Å²) in [6.07, 6.45) is 0. The van der Waals surface area contributed by atoms with Crippen molar-refractivity contribution in [3.63, 3.8) is 0 Å². The minimum atomic E-state index is -0.422. The number of nitrogens with one attached hydrogen (secondary N) is 1. The van der Waals surface area contributed by atoms with E-state index < -0.39 is 5.91 Å². The summed E-state index contributed by atoms with van der Waals surface area (Å²) in [6.45, 7) is 5.13. The Morgan fingerprint density at radius 1 is 1.03 bits per heavy atom. The highest BCUT2D eigenvalue weighted by molar-refractivity contribution is 6.36. The largest absolute Gasteiger partial charge is 0.495 e. The molecule has 0 bridgehead atoms. The summed E-state index contributed by atoms with van der Waals surface area (Å²) in [7, 11) is 3.05. The fraction of sp³-hybridized carbons (Fsp3) is 0.333. The first-order valence-corrected chi connectivity index (χ1v) is 10.7. The molecule has 1 N–H and O–H groups in total. The lowest BCUT2D eigenvalue weighted by atomic mass is 10.0. The summed E-state index contributed by atoms with van der Waals surface area (Å²) in [5, 5.41) is 3.47. The molecule has 1 aliphatic rings. The summed E-state index contributed by atoms with van der Waals surface area (Å²) in [4.78, 5) is 27.4. The summed E-state index contributed by atoms with van der Waals surface area (Å²) >= 11 is 6.23. The molecule has 3 rings (SSSR count). The Kier molecular flexibility index (Phi) is 7.77. The monoisotopic (exact) mass is 458 g/mol. The summed E-state index contributed by atoms with van der Waals surface area (Å²) < 4.78 is 16.0. The van der Waals surface area contributed by atoms with Gasteiger partial charge in [-0.1, -0.05) is 37.6 Å². The molecule has 0 fully saturated rings. The summed E-state index contributed by atoms with van der Waals surface area (Å²) in [5.74, 6) is 0.804. The fourth-order valence-electron chi connectivity index (χ4n) is 3.21. The number of methoxy groups -OCH3 is 2. The Balaban J connectivity index is 1.96. The molecular weight excluding hydrogens is 432 g/mol. The number of ether oxygens (including phenoxy) is 3. The number of anilines is 1. The molecule has 0 atom stereocenters. The quantitative estimate of drug-likeness (QED) is 0.537. The molecule has 0 spiro atoms. The van der Waals surface area contributed by atoms with E-state index in [-0.39, 0.29) is 30.3 Å². The lowest BCUT2D eigenvalue weighted by Crippen LogP contribution is -2.35. The molecule has 1 heterocycles. The minimum absolute atomic E-state index is 0.155. The van der Waals surface area contributed by atoms with Crippen LogP contribution in [0.5, 0.6) is 11.5 Å². The number of hydrogen-bond donors (Lipinski definition) is 1. The predicted octanol–water partition coefficient (Wildman–Crippen LogP) is 4.22. The molecule has 0 aromatic heterocycles. The first kappa shape index (κ1) is 23.6. The Bertz CT molecular complexity index is 1020. The molecule has 0 radical (unpaired) electrons. The van der Waals surface area contributed by atoms with Gasteiger partial charge in [0.05, 0.1) is 37.5 Å². The van der Waals surface area contributed by atoms with Crippen LogP contribution in [-0.2, 0) is 14.3 Å². The van der Waals surface area contributed by atoms with Crippen LogP contribution in [0.15, 0.2) is 48.2 Å². The molecule has 0 unspecified atom stereocenters. The molecule has 0 saturated heterocycles. The van der Waals surface area contributed by atoms with E-state index in [1.165, 1.54) is 19.1 Å². The SMILES string of the molecule is COCCN1C(=O)C(Nc2ccc(OC)c(Cl)c2)=C(c2ccc(OCC(C)C)cc2)C1=O. The van der Waals surface area contributed by atoms with Gasteiger partial charge in [-0.2, -0.15) is 0 Å². The van der Waals surface area contributed by atoms with Gasteiger partial charge in [-0.3, -0.25) is 14.5 Å². The molecule has 8 heteroatoms. The van der Waals surface area contributed by atoms with Gasteiger partial charge in [0.25, 0.3) is 11.8 Å². The van der Waals surface area contributed by atoms with E-state index in [4.69, 9.17) is 25.8 Å². The third-order valence-corrected chi connectivity index (χ3v) is 5.13. The van der Waals surface area contributed by atoms with Gasteiger partial charge in [-0.05, 0) is 41.8 Å². The van der Waals surface area contributed by atoms with Crippen LogP contribution in [0.4, 0.5) is 5.69 Å². The number of halogens is 1. The van der Waals surface area contributed by atoms with Crippen LogP contribution in [0.1, 0.15) is 19.4 Å². The zero-order valence-corrected chi connectivity index (χ0v) is 19.4. The van der Waals surface area contributed by atoms with E-state index in [1.807, 2.05) is 0 Å². The Morgan fingerprint density at radius 3 is 2.34 bits per heavy atom. The zero-order chi connectivity index (χ0) is 23.3. The van der Waals surface area contributed by atoms with Gasteiger partial charge in [0.2, 0.25) is 0 Å². The number of benzene rings is 2. The second-order valence-electron chi connectivity index (χ2n) is 7.71. The average molecular weight is 459 g/mol. The molecule has 0 saturated carbocycles. The Hall–Kier alpha value is -3.03. The molecule has 7 nitrogen and oxygen atoms in total. The predicted molar refractivity (Wildman–Crippen MR) is 124 cm³/mol. The van der Waals surface area contributed by atoms with Gasteiger partial charge < -0.3 is 19.5 Å². The first-order valence-electron chi connectivity index (χ1n) is 10.3. The van der Waals surface area contributed by atoms with Gasteiger partial charge >= 0.3 is 0 Å². The minimum Gasteiger partial charge on any atom is -0.495 e. The average Bonchev–Trinajstić information content (AvgIpc) is 3.00. The van der Waals surface area contributed by atoms with Crippen LogP contribution in [-0.4, -0.2) is 50.7 Å². The van der Waals surface area contributed by atoms with E-state index in [0.717, 1.165) is 0 Å². The second-order valence-corrected chi connectivity index (χ2v) is 8.12. The van der Waals surface area contributed by atoms with Crippen LogP contribution in [0, 0.1) is 5.92 Å². The topological polar surface area (TPSA) is 77.1 Å². The maximum Gasteiger partial charge on any atom is 0.278 e. The maximum atomic E-state index is 13.2. The van der Waals surface area contributed by atoms with E-state index in [9.17, 15) is 9.59 Å². The molecule has 2 aromatic carbocycles. The van der Waals surface area contributed by atoms with Crippen LogP contribution in [0.3, 0.4) is 0 Å². The zero-order valence-electron chi connectivity index (χ0n) is 18.6. The van der Waals surface area contributed by atoms with Gasteiger partial charge in [0, 0.05) is 12.8 Å². The fourth-order valence-corrected chi connectivity index (χ4v) is 3.47. The highest BCUT2D eigenvalue weighted by Gasteiger charge is 2.39. The van der Waals surface area contributed by atoms with Crippen molar-refractivity contribution >= 4 is 34.7 Å². The van der Waals surface area contributed by atoms with Crippen LogP contribution in [0.2, 0.25) is 5.02 Å². The lowest BCUT2D eigenvalue weighted by molar-refractivity contribution is -0.137. The molecular formula is C24H27ClN2O5. The van der Waals surface area contributed by atoms with Crippen LogP contribution >= 0.6 is 11.6 Å². The van der Waals surface area contributed by atoms with Crippen molar-refractivity contribution < 1.29 is 23.8 Å². The Morgan fingerprint density at radius 2 is 1.75 bits per heavy atom. The third kappa shape index (κ3) is 5.23. The van der Waals surface area contributed by atoms with E-state index >= 15 is 0 Å². The number of hydrogen-bond acceptors (Lipinski definition) is 6. The normalized spacial score (nSPS) is 13.9. The molecule has 0 aliphatic carbocycles. The van der Waals surface area contributed by atoms with Crippen molar-refractivity contribution in [1.29, 1.82) is 0 Å². The van der Waals surface area contributed by atoms with Gasteiger partial charge in [-0.25, -0.2) is 0 Å². The molecule has 32 heavy (non-hydrogen) atoms. The summed E-state index contributed by atoms with van der Waals surface area (Å²) in [5.41, 5.74) is 1.65. The third-order valence-electron chi connectivity index (χ3n) is 4.83. The van der Waals surface area contributed by atoms with Gasteiger partial charge in [0.15, 0.2) is 0 Å². The van der Waals surface area contributed by atoms with Crippen molar-refractivity contribution in [3.8, 4) is 11.5 Å². The molecule has 2 amide bonds. The van der Waals surface area contributed by atoms with Crippen molar-refractivity contribution in [2.24, 2.45) is 5.92 Å². The van der Waals surface area contributed by atoms with Crippen molar-refractivity contribution in [2.45, 2.75) is 13.8 Å². The standard InChI is InChI=1S/C24H27ClN2O5/c1-15(2)14-32-18-8-5-16(6-9-18)21-22(24(29)27(23(21)28)11-12-30-3)26-17-7-10-20(31-4)19(25)13-17/h5-10,13,15,26H,11-12,14H2,1-4H3. The maximum absolute atomic E-state index is 13.2. The van der Waals surface area contributed by atoms with Crippen molar-refractivity contribution in [2.75, 3.05) is 39.3 Å². The number of carbonyl (C=O) groups excluding carboxylic acids is 2. The Labute approximate surface area is 192 Å². The highest BCUT2D eigenvalue weighted by atomic mass is 35.5. The van der Waals surface area contributed by atoms with E-state index in [1.54, 1.807) is 42.5 Å². The van der Waals surface area contributed by atoms with Crippen molar-refractivity contribution in [1.82, 2.24) is 4.90 Å². The summed E-state index contributed by atoms with van der Waals surface area (Å²) in [6, 6.07) is 12.2. The van der Waals surface area contributed by atoms with Gasteiger partial charge in [-0.15, -0.1) is 0 Å². The number of rotatable bonds is 10. The lowest BCUT2D eigenvalue weighted by Gasteiger charge is -2.14. The molecule has 1 aliphatic heterocycles. The van der Waals surface area contributed by atoms with Crippen molar-refractivity contribution in [3.05, 3.63) is 58.7 Å². The number of nitrogens with zero attached hydrogens (tertiary/aromatic N) is 1. The van der Waals surface area contributed by atoms with E-state index in [2.05, 4.69) is 19.2 Å².